The van der Waals surface area contributed by atoms with Crippen LogP contribution in [0.2, 0.25) is 0 Å². The molecule has 1 aliphatic heterocycles. The molecule has 2 rings (SSSR count). The molecule has 4 unspecified atom stereocenters. The van der Waals surface area contributed by atoms with Gasteiger partial charge in [-0.1, -0.05) is 77.2 Å². The number of thiazole rings is 1. The van der Waals surface area contributed by atoms with Gasteiger partial charge in [-0.05, 0) is 39.2 Å². The molecule has 0 radical (unpaired) electrons. The summed E-state index contributed by atoms with van der Waals surface area (Å²) in [6.45, 7) is 21.9. The summed E-state index contributed by atoms with van der Waals surface area (Å²) < 4.78 is 5.69. The van der Waals surface area contributed by atoms with E-state index in [1.165, 1.54) is 5.57 Å². The summed E-state index contributed by atoms with van der Waals surface area (Å²) in [7, 11) is 0. The van der Waals surface area contributed by atoms with Crippen molar-refractivity contribution in [2.45, 2.75) is 92.8 Å². The van der Waals surface area contributed by atoms with E-state index >= 15 is 0 Å². The van der Waals surface area contributed by atoms with Crippen LogP contribution < -0.4 is 0 Å². The summed E-state index contributed by atoms with van der Waals surface area (Å²) in [5.74, 6) is -1.11. The number of esters is 1. The minimum absolute atomic E-state index is 0.0301. The van der Waals surface area contributed by atoms with Crippen LogP contribution >= 0.6 is 11.3 Å². The summed E-state index contributed by atoms with van der Waals surface area (Å²) in [6, 6.07) is 2.33. The van der Waals surface area contributed by atoms with Crippen LogP contribution in [0, 0.1) is 41.4 Å². The average molecular weight is 527 g/mol. The Labute approximate surface area is 228 Å². The van der Waals surface area contributed by atoms with Crippen molar-refractivity contribution in [3.8, 4) is 6.07 Å². The van der Waals surface area contributed by atoms with E-state index < -0.39 is 17.4 Å². The maximum Gasteiger partial charge on any atom is 0.307 e. The molecule has 1 aromatic heterocycles. The normalized spacial score (nSPS) is 32.1. The maximum atomic E-state index is 12.6. The number of aryl methyl sites for hydroxylation is 1. The molecule has 0 saturated heterocycles. The molecule has 0 bridgehead atoms. The Kier molecular flexibility index (Phi) is 13.8. The predicted octanol–water partition coefficient (Wildman–Crippen LogP) is 7.83. The highest BCUT2D eigenvalue weighted by Crippen LogP contribution is 2.44. The standard InChI is InChI=1S/C25H39NO3.C6H7NS/c1-8-22-14-13-17(3)11-10-12-18(4)24(28)19(5)20(6)25(7,9-2)21(16-26)15-23(27)29-22;1-3-6-4-8-5(2)7-6/h10,12-13,18-19,21-22,24,28H,6,8-9,11,14-15H2,1-5,7H3;3-4H,1H2,2H3/b12-10+,17-13-;/t18?,19?,21-,22-,24?,25?;/m1./s1. The largest absolute Gasteiger partial charge is 0.462 e. The molecular weight excluding hydrogens is 480 g/mol. The van der Waals surface area contributed by atoms with Crippen LogP contribution in [-0.2, 0) is 9.53 Å². The van der Waals surface area contributed by atoms with Crippen molar-refractivity contribution in [2.24, 2.45) is 23.2 Å². The van der Waals surface area contributed by atoms with Crippen LogP contribution in [0.4, 0.5) is 0 Å². The Morgan fingerprint density at radius 1 is 1.35 bits per heavy atom. The number of ether oxygens (including phenoxy) is 1. The van der Waals surface area contributed by atoms with Gasteiger partial charge in [0.2, 0.25) is 0 Å². The second-order valence-electron chi connectivity index (χ2n) is 10.3. The van der Waals surface area contributed by atoms with Crippen molar-refractivity contribution in [3.05, 3.63) is 58.6 Å². The number of aliphatic hydroxyl groups is 1. The van der Waals surface area contributed by atoms with E-state index in [4.69, 9.17) is 4.74 Å². The van der Waals surface area contributed by atoms with E-state index in [1.807, 2.05) is 46.9 Å². The van der Waals surface area contributed by atoms with E-state index in [-0.39, 0.29) is 30.3 Å². The van der Waals surface area contributed by atoms with Gasteiger partial charge in [0, 0.05) is 29.1 Å². The van der Waals surface area contributed by atoms with Crippen molar-refractivity contribution in [1.82, 2.24) is 4.98 Å². The fourth-order valence-electron chi connectivity index (χ4n) is 4.46. The first-order valence-electron chi connectivity index (χ1n) is 13.3. The molecule has 1 N–H and O–H groups in total. The molecule has 6 atom stereocenters. The van der Waals surface area contributed by atoms with Gasteiger partial charge in [0.1, 0.15) is 6.10 Å². The molecule has 0 amide bonds. The van der Waals surface area contributed by atoms with Gasteiger partial charge < -0.3 is 9.84 Å². The lowest BCUT2D eigenvalue weighted by molar-refractivity contribution is -0.150. The highest BCUT2D eigenvalue weighted by atomic mass is 32.1. The first kappa shape index (κ1) is 32.5. The first-order chi connectivity index (χ1) is 17.4. The van der Waals surface area contributed by atoms with Crippen LogP contribution in [-0.4, -0.2) is 28.3 Å². The van der Waals surface area contributed by atoms with E-state index in [0.29, 0.717) is 12.8 Å². The van der Waals surface area contributed by atoms with Crippen molar-refractivity contribution >= 4 is 23.4 Å². The predicted molar refractivity (Wildman–Crippen MR) is 155 cm³/mol. The third-order valence-corrected chi connectivity index (χ3v) is 8.36. The van der Waals surface area contributed by atoms with Gasteiger partial charge in [0.15, 0.2) is 0 Å². The van der Waals surface area contributed by atoms with Gasteiger partial charge in [0.05, 0.1) is 35.2 Å². The molecule has 0 aromatic carbocycles. The Bertz CT molecular complexity index is 1000. The quantitative estimate of drug-likeness (QED) is 0.320. The molecular formula is C31H46N2O3S. The second kappa shape index (κ2) is 15.7. The zero-order valence-electron chi connectivity index (χ0n) is 23.8. The number of carbonyl (C=O) groups is 1. The number of rotatable bonds is 3. The maximum absolute atomic E-state index is 12.6. The number of cyclic esters (lactones) is 1. The van der Waals surface area contributed by atoms with E-state index in [1.54, 1.807) is 17.4 Å². The van der Waals surface area contributed by atoms with Crippen molar-refractivity contribution in [1.29, 1.82) is 5.26 Å². The molecule has 2 heterocycles. The molecule has 5 nitrogen and oxygen atoms in total. The summed E-state index contributed by atoms with van der Waals surface area (Å²) in [5, 5.41) is 23.8. The SMILES string of the molecule is C=C1C(C)C(O)C(C)/C=C/C/C(C)=C\C[C@@H](CC)OC(=O)C[C@H](C#N)C1(C)CC.C=Cc1csc(C)n1. The van der Waals surface area contributed by atoms with Gasteiger partial charge in [-0.3, -0.25) is 4.79 Å². The smallest absolute Gasteiger partial charge is 0.307 e. The summed E-state index contributed by atoms with van der Waals surface area (Å²) in [6.07, 6.45) is 10.2. The van der Waals surface area contributed by atoms with Gasteiger partial charge >= 0.3 is 5.97 Å². The van der Waals surface area contributed by atoms with Crippen LogP contribution in [0.1, 0.15) is 84.3 Å². The lowest BCUT2D eigenvalue weighted by Crippen LogP contribution is -2.37. The van der Waals surface area contributed by atoms with Gasteiger partial charge in [-0.2, -0.15) is 5.26 Å². The number of allylic oxidation sites excluding steroid dienone is 2. The van der Waals surface area contributed by atoms with Gasteiger partial charge in [-0.15, -0.1) is 11.3 Å². The Morgan fingerprint density at radius 2 is 2.03 bits per heavy atom. The molecule has 0 saturated carbocycles. The summed E-state index contributed by atoms with van der Waals surface area (Å²) in [5.41, 5.74) is 2.43. The number of aliphatic hydroxyl groups excluding tert-OH is 1. The molecule has 204 valence electrons. The minimum Gasteiger partial charge on any atom is -0.462 e. The molecule has 1 aliphatic rings. The van der Waals surface area contributed by atoms with Crippen LogP contribution in [0.25, 0.3) is 6.08 Å². The zero-order chi connectivity index (χ0) is 28.2. The monoisotopic (exact) mass is 526 g/mol. The number of aromatic nitrogens is 1. The van der Waals surface area contributed by atoms with Crippen LogP contribution in [0.3, 0.4) is 0 Å². The number of hydrogen-bond acceptors (Lipinski definition) is 6. The lowest BCUT2D eigenvalue weighted by atomic mass is 9.64. The number of nitrogens with zero attached hydrogens (tertiary/aromatic N) is 2. The van der Waals surface area contributed by atoms with E-state index in [9.17, 15) is 15.2 Å². The number of nitriles is 1. The number of hydrogen-bond donors (Lipinski definition) is 1. The summed E-state index contributed by atoms with van der Waals surface area (Å²) >= 11 is 1.65. The third kappa shape index (κ3) is 9.72. The second-order valence-corrected chi connectivity index (χ2v) is 11.3. The molecule has 37 heavy (non-hydrogen) atoms. The molecule has 6 heteroatoms. The summed E-state index contributed by atoms with van der Waals surface area (Å²) in [4.78, 5) is 16.7. The molecule has 0 spiro atoms. The molecule has 0 aliphatic carbocycles. The van der Waals surface area contributed by atoms with Crippen molar-refractivity contribution in [3.63, 3.8) is 0 Å². The Morgan fingerprint density at radius 3 is 2.51 bits per heavy atom. The molecule has 0 fully saturated rings. The first-order valence-corrected chi connectivity index (χ1v) is 14.1. The Balaban J connectivity index is 0.000000722. The van der Waals surface area contributed by atoms with Crippen molar-refractivity contribution in [2.75, 3.05) is 0 Å². The fraction of sp³-hybridized carbons (Fsp3) is 0.581. The third-order valence-electron chi connectivity index (χ3n) is 7.57. The van der Waals surface area contributed by atoms with E-state index in [0.717, 1.165) is 29.1 Å². The highest BCUT2D eigenvalue weighted by Gasteiger charge is 2.41. The van der Waals surface area contributed by atoms with Gasteiger partial charge in [0.25, 0.3) is 0 Å². The lowest BCUT2D eigenvalue weighted by Gasteiger charge is -2.40. The van der Waals surface area contributed by atoms with Crippen molar-refractivity contribution < 1.29 is 14.6 Å². The Hall–Kier alpha value is -2.49. The highest BCUT2D eigenvalue weighted by molar-refractivity contribution is 7.09. The minimum atomic E-state index is -0.599. The zero-order valence-corrected chi connectivity index (χ0v) is 24.6. The van der Waals surface area contributed by atoms with Gasteiger partial charge in [-0.25, -0.2) is 4.98 Å². The van der Waals surface area contributed by atoms with E-state index in [2.05, 4.69) is 49.4 Å². The topological polar surface area (TPSA) is 83.2 Å². The fourth-order valence-corrected chi connectivity index (χ4v) is 5.06. The van der Waals surface area contributed by atoms with Crippen LogP contribution in [0.5, 0.6) is 0 Å². The van der Waals surface area contributed by atoms with Crippen LogP contribution in [0.15, 0.2) is 47.9 Å². The number of carbonyl (C=O) groups excluding carboxylic acids is 1. The molecule has 1 aromatic rings. The average Bonchev–Trinajstić information content (AvgIpc) is 3.32.